The molecule has 0 aromatic carbocycles. The van der Waals surface area contributed by atoms with Gasteiger partial charge in [0.1, 0.15) is 0 Å². The van der Waals surface area contributed by atoms with Gasteiger partial charge in [0, 0.05) is 6.42 Å². The van der Waals surface area contributed by atoms with E-state index in [1.165, 1.54) is 0 Å². The minimum absolute atomic E-state index is 0.427. The fraction of sp³-hybridized carbons (Fsp3) is 0.900. The molecule has 0 saturated carbocycles. The summed E-state index contributed by atoms with van der Waals surface area (Å²) in [5.41, 5.74) is -0.848. The van der Waals surface area contributed by atoms with E-state index in [0.29, 0.717) is 6.42 Å². The van der Waals surface area contributed by atoms with Gasteiger partial charge in [-0.05, 0) is 20.3 Å². The molecular weight excluding hydrogens is 289 g/mol. The second-order valence-electron chi connectivity index (χ2n) is 4.65. The summed E-state index contributed by atoms with van der Waals surface area (Å²) in [4.78, 5) is 11.4. The summed E-state index contributed by atoms with van der Waals surface area (Å²) >= 11 is 0. The highest BCUT2D eigenvalue weighted by Gasteiger charge is 2.47. The normalized spacial score (nSPS) is 15.1. The Morgan fingerprint density at radius 1 is 1.37 bits per heavy atom. The largest absolute Gasteiger partial charge is 0.743 e. The smallest absolute Gasteiger partial charge is 0.364 e. The van der Waals surface area contributed by atoms with Gasteiger partial charge in [-0.25, -0.2) is 12.8 Å². The molecule has 0 rings (SSSR count). The summed E-state index contributed by atoms with van der Waals surface area (Å²) in [6, 6.07) is 0. The standard InChI is InChI=1S/C10H17F3O5S/c1-4-9(2,3)8(14)18-6-5-7(11)10(12,13)19(15,16)17/h7H,4-6H2,1-3H3,(H,15,16,17)/p-1. The van der Waals surface area contributed by atoms with E-state index < -0.39 is 46.0 Å². The van der Waals surface area contributed by atoms with Crippen LogP contribution in [-0.2, 0) is 19.6 Å². The van der Waals surface area contributed by atoms with Crippen molar-refractivity contribution in [2.45, 2.75) is 45.0 Å². The van der Waals surface area contributed by atoms with Crippen molar-refractivity contribution in [2.24, 2.45) is 5.41 Å². The molecule has 0 amide bonds. The summed E-state index contributed by atoms with van der Waals surface area (Å²) < 4.78 is 73.4. The van der Waals surface area contributed by atoms with Crippen LogP contribution in [0.2, 0.25) is 0 Å². The summed E-state index contributed by atoms with van der Waals surface area (Å²) in [5, 5.41) is -5.03. The van der Waals surface area contributed by atoms with E-state index in [1.54, 1.807) is 20.8 Å². The van der Waals surface area contributed by atoms with Crippen LogP contribution in [0.4, 0.5) is 13.2 Å². The van der Waals surface area contributed by atoms with Gasteiger partial charge in [0.05, 0.1) is 12.0 Å². The molecule has 0 heterocycles. The number of esters is 1. The molecular formula is C10H16F3O5S-. The van der Waals surface area contributed by atoms with Crippen molar-refractivity contribution in [1.82, 2.24) is 0 Å². The predicted molar refractivity (Wildman–Crippen MR) is 59.2 cm³/mol. The molecule has 0 aromatic rings. The van der Waals surface area contributed by atoms with Crippen molar-refractivity contribution >= 4 is 16.1 Å². The lowest BCUT2D eigenvalue weighted by molar-refractivity contribution is -0.155. The lowest BCUT2D eigenvalue weighted by Crippen LogP contribution is -2.39. The molecule has 0 aliphatic carbocycles. The Morgan fingerprint density at radius 2 is 1.84 bits per heavy atom. The zero-order valence-electron chi connectivity index (χ0n) is 10.8. The Morgan fingerprint density at radius 3 is 2.21 bits per heavy atom. The number of ether oxygens (including phenoxy) is 1. The van der Waals surface area contributed by atoms with Crippen molar-refractivity contribution in [3.63, 3.8) is 0 Å². The zero-order chi connectivity index (χ0) is 15.5. The van der Waals surface area contributed by atoms with E-state index in [2.05, 4.69) is 4.74 Å². The number of hydrogen-bond donors (Lipinski definition) is 0. The van der Waals surface area contributed by atoms with Crippen LogP contribution in [0.1, 0.15) is 33.6 Å². The van der Waals surface area contributed by atoms with Gasteiger partial charge in [-0.3, -0.25) is 4.79 Å². The lowest BCUT2D eigenvalue weighted by atomic mass is 9.91. The van der Waals surface area contributed by atoms with E-state index in [9.17, 15) is 30.9 Å². The van der Waals surface area contributed by atoms with Gasteiger partial charge in [0.25, 0.3) is 0 Å². The maximum absolute atomic E-state index is 13.0. The van der Waals surface area contributed by atoms with E-state index in [4.69, 9.17) is 0 Å². The van der Waals surface area contributed by atoms with Crippen LogP contribution in [0, 0.1) is 5.41 Å². The molecule has 0 aromatic heterocycles. The van der Waals surface area contributed by atoms with Gasteiger partial charge < -0.3 is 9.29 Å². The second-order valence-corrected chi connectivity index (χ2v) is 6.10. The number of alkyl halides is 3. The molecule has 0 aliphatic rings. The van der Waals surface area contributed by atoms with Crippen LogP contribution in [0.25, 0.3) is 0 Å². The van der Waals surface area contributed by atoms with Crippen LogP contribution in [0.5, 0.6) is 0 Å². The zero-order valence-corrected chi connectivity index (χ0v) is 11.6. The van der Waals surface area contributed by atoms with Crippen molar-refractivity contribution in [2.75, 3.05) is 6.61 Å². The Labute approximate surface area is 109 Å². The Balaban J connectivity index is 4.42. The maximum Gasteiger partial charge on any atom is 0.364 e. The molecule has 0 aliphatic heterocycles. The van der Waals surface area contributed by atoms with Crippen molar-refractivity contribution in [3.8, 4) is 0 Å². The molecule has 9 heteroatoms. The molecule has 5 nitrogen and oxygen atoms in total. The Kier molecular flexibility index (Phi) is 5.82. The molecule has 0 spiro atoms. The first-order valence-corrected chi connectivity index (χ1v) is 6.91. The quantitative estimate of drug-likeness (QED) is 0.529. The van der Waals surface area contributed by atoms with Crippen molar-refractivity contribution < 1.29 is 35.7 Å². The van der Waals surface area contributed by atoms with Gasteiger partial charge in [0.2, 0.25) is 0 Å². The monoisotopic (exact) mass is 305 g/mol. The molecule has 0 N–H and O–H groups in total. The molecule has 0 bridgehead atoms. The number of halogens is 3. The van der Waals surface area contributed by atoms with Crippen molar-refractivity contribution in [1.29, 1.82) is 0 Å². The summed E-state index contributed by atoms with van der Waals surface area (Å²) in [6.07, 6.45) is -3.86. The van der Waals surface area contributed by atoms with Gasteiger partial charge in [-0.1, -0.05) is 6.92 Å². The minimum atomic E-state index is -6.08. The van der Waals surface area contributed by atoms with Crippen LogP contribution >= 0.6 is 0 Å². The van der Waals surface area contributed by atoms with E-state index in [0.717, 1.165) is 0 Å². The maximum atomic E-state index is 13.0. The van der Waals surface area contributed by atoms with Gasteiger partial charge in [-0.2, -0.15) is 8.78 Å². The highest BCUT2D eigenvalue weighted by Crippen LogP contribution is 2.29. The molecule has 1 atom stereocenters. The van der Waals surface area contributed by atoms with Crippen LogP contribution in [0.3, 0.4) is 0 Å². The summed E-state index contributed by atoms with van der Waals surface area (Å²) in [5.74, 6) is -0.713. The number of carbonyl (C=O) groups excluding carboxylic acids is 1. The average Bonchev–Trinajstić information content (AvgIpc) is 2.26. The van der Waals surface area contributed by atoms with Crippen LogP contribution in [0.15, 0.2) is 0 Å². The third-order valence-corrected chi connectivity index (χ3v) is 3.66. The SMILES string of the molecule is CCC(C)(C)C(=O)OCCC(F)C(F)(F)S(=O)(=O)[O-]. The third kappa shape index (κ3) is 4.64. The minimum Gasteiger partial charge on any atom is -0.743 e. The number of rotatable bonds is 7. The number of carbonyl (C=O) groups is 1. The summed E-state index contributed by atoms with van der Waals surface area (Å²) in [6.45, 7) is 4.09. The molecule has 1 unspecified atom stereocenters. The average molecular weight is 305 g/mol. The summed E-state index contributed by atoms with van der Waals surface area (Å²) in [7, 11) is -6.08. The molecule has 0 radical (unpaired) electrons. The molecule has 0 saturated heterocycles. The van der Waals surface area contributed by atoms with E-state index >= 15 is 0 Å². The van der Waals surface area contributed by atoms with Crippen molar-refractivity contribution in [3.05, 3.63) is 0 Å². The van der Waals surface area contributed by atoms with E-state index in [1.807, 2.05) is 0 Å². The Hall–Kier alpha value is -0.830. The second kappa shape index (κ2) is 6.08. The molecule has 19 heavy (non-hydrogen) atoms. The Bertz CT molecular complexity index is 419. The highest BCUT2D eigenvalue weighted by molar-refractivity contribution is 7.86. The first kappa shape index (κ1) is 18.2. The van der Waals surface area contributed by atoms with Crippen LogP contribution < -0.4 is 0 Å². The van der Waals surface area contributed by atoms with Gasteiger partial charge in [0.15, 0.2) is 16.3 Å². The molecule has 114 valence electrons. The predicted octanol–water partition coefficient (Wildman–Crippen LogP) is 1.83. The number of hydrogen-bond acceptors (Lipinski definition) is 5. The highest BCUT2D eigenvalue weighted by atomic mass is 32.2. The van der Waals surface area contributed by atoms with E-state index in [-0.39, 0.29) is 0 Å². The first-order valence-electron chi connectivity index (χ1n) is 5.50. The lowest BCUT2D eigenvalue weighted by Gasteiger charge is -2.24. The van der Waals surface area contributed by atoms with Gasteiger partial charge in [-0.15, -0.1) is 0 Å². The molecule has 0 fully saturated rings. The first-order chi connectivity index (χ1) is 8.36. The topological polar surface area (TPSA) is 83.5 Å². The fourth-order valence-corrected chi connectivity index (χ4v) is 1.35. The fourth-order valence-electron chi connectivity index (χ4n) is 0.919. The third-order valence-electron chi connectivity index (χ3n) is 2.74. The van der Waals surface area contributed by atoms with Crippen LogP contribution in [-0.4, -0.2) is 37.0 Å². The van der Waals surface area contributed by atoms with Gasteiger partial charge >= 0.3 is 11.2 Å².